The number of rotatable bonds is 5. The number of cyclic esters (lactones) is 1. The van der Waals surface area contributed by atoms with Crippen molar-refractivity contribution in [2.45, 2.75) is 6.92 Å². The van der Waals surface area contributed by atoms with Gasteiger partial charge in [0.1, 0.15) is 5.82 Å². The van der Waals surface area contributed by atoms with E-state index in [2.05, 4.69) is 4.99 Å². The van der Waals surface area contributed by atoms with E-state index in [1.165, 1.54) is 31.4 Å². The van der Waals surface area contributed by atoms with Crippen LogP contribution < -0.4 is 9.47 Å². The lowest BCUT2D eigenvalue weighted by atomic mass is 10.1. The summed E-state index contributed by atoms with van der Waals surface area (Å²) in [5, 5.41) is 0. The number of nitrogens with zero attached hydrogens (tertiary/aromatic N) is 1. The van der Waals surface area contributed by atoms with Gasteiger partial charge in [-0.05, 0) is 60.5 Å². The number of benzene rings is 3. The normalized spacial score (nSPS) is 14.2. The molecule has 0 aliphatic carbocycles. The molecule has 1 aliphatic rings. The summed E-state index contributed by atoms with van der Waals surface area (Å²) in [4.78, 5) is 28.9. The molecule has 0 unspecified atom stereocenters. The molecule has 1 aliphatic heterocycles. The lowest BCUT2D eigenvalue weighted by Crippen LogP contribution is -2.10. The maximum Gasteiger partial charge on any atom is 0.363 e. The van der Waals surface area contributed by atoms with Gasteiger partial charge in [0.25, 0.3) is 0 Å². The van der Waals surface area contributed by atoms with Gasteiger partial charge in [-0.2, -0.15) is 0 Å². The van der Waals surface area contributed by atoms with E-state index in [4.69, 9.17) is 14.2 Å². The molecule has 7 heteroatoms. The first-order chi connectivity index (χ1) is 15.4. The van der Waals surface area contributed by atoms with E-state index >= 15 is 0 Å². The van der Waals surface area contributed by atoms with E-state index in [1.54, 1.807) is 36.4 Å². The fraction of sp³-hybridized carbons (Fsp3) is 0.0800. The number of aliphatic imine (C=N–C) groups is 1. The average molecular weight is 431 g/mol. The molecule has 0 saturated heterocycles. The minimum absolute atomic E-state index is 0.0245. The van der Waals surface area contributed by atoms with Gasteiger partial charge in [0, 0.05) is 5.56 Å². The molecule has 0 atom stereocenters. The number of hydrogen-bond donors (Lipinski definition) is 0. The summed E-state index contributed by atoms with van der Waals surface area (Å²) < 4.78 is 29.4. The van der Waals surface area contributed by atoms with Crippen molar-refractivity contribution < 1.29 is 28.2 Å². The van der Waals surface area contributed by atoms with Crippen LogP contribution in [-0.4, -0.2) is 24.9 Å². The summed E-state index contributed by atoms with van der Waals surface area (Å²) in [5.74, 6) is -1.05. The fourth-order valence-corrected chi connectivity index (χ4v) is 3.13. The van der Waals surface area contributed by atoms with Crippen LogP contribution in [0.3, 0.4) is 0 Å². The Labute approximate surface area is 183 Å². The van der Waals surface area contributed by atoms with E-state index in [0.717, 1.165) is 5.56 Å². The second-order valence-corrected chi connectivity index (χ2v) is 6.96. The molecular weight excluding hydrogens is 413 g/mol. The van der Waals surface area contributed by atoms with Crippen molar-refractivity contribution in [2.24, 2.45) is 4.99 Å². The number of ether oxygens (including phenoxy) is 3. The maximum absolute atomic E-state index is 13.4. The van der Waals surface area contributed by atoms with Crippen LogP contribution in [0.5, 0.6) is 11.5 Å². The van der Waals surface area contributed by atoms with Crippen molar-refractivity contribution in [1.82, 2.24) is 0 Å². The van der Waals surface area contributed by atoms with Crippen LogP contribution in [0, 0.1) is 12.7 Å². The van der Waals surface area contributed by atoms with E-state index in [9.17, 15) is 14.0 Å². The van der Waals surface area contributed by atoms with Crippen molar-refractivity contribution in [1.29, 1.82) is 0 Å². The highest BCUT2D eigenvalue weighted by molar-refractivity contribution is 6.12. The molecule has 0 aromatic heterocycles. The molecular formula is C25H18FNO5. The highest BCUT2D eigenvalue weighted by Crippen LogP contribution is 2.30. The zero-order chi connectivity index (χ0) is 22.7. The van der Waals surface area contributed by atoms with E-state index < -0.39 is 17.8 Å². The molecule has 0 bridgehead atoms. The van der Waals surface area contributed by atoms with Gasteiger partial charge in [-0.15, -0.1) is 0 Å². The topological polar surface area (TPSA) is 74.2 Å². The largest absolute Gasteiger partial charge is 0.493 e. The minimum atomic E-state index is -0.654. The molecule has 0 fully saturated rings. The summed E-state index contributed by atoms with van der Waals surface area (Å²) in [7, 11) is 1.45. The van der Waals surface area contributed by atoms with Crippen molar-refractivity contribution in [3.63, 3.8) is 0 Å². The van der Waals surface area contributed by atoms with Gasteiger partial charge in [0.2, 0.25) is 5.90 Å². The number of carbonyl (C=O) groups excluding carboxylic acids is 2. The summed E-state index contributed by atoms with van der Waals surface area (Å²) in [5.41, 5.74) is 2.24. The second kappa shape index (κ2) is 8.85. The standard InChI is InChI=1S/C25H18FNO5/c1-15-6-3-4-9-19(15)24(28)31-21-11-10-16(13-22(21)30-2)12-20-25(29)32-23(27-20)17-7-5-8-18(26)14-17/h3-14H,1-2H3/b20-12+. The molecule has 6 nitrogen and oxygen atoms in total. The van der Waals surface area contributed by atoms with Crippen molar-refractivity contribution in [3.05, 3.63) is 100 Å². The van der Waals surface area contributed by atoms with Crippen molar-refractivity contribution in [2.75, 3.05) is 7.11 Å². The summed E-state index contributed by atoms with van der Waals surface area (Å²) in [6.45, 7) is 1.82. The SMILES string of the molecule is COc1cc(/C=C2/N=C(c3cccc(F)c3)OC2=O)ccc1OC(=O)c1ccccc1C. The second-order valence-electron chi connectivity index (χ2n) is 6.96. The number of carbonyl (C=O) groups is 2. The summed E-state index contributed by atoms with van der Waals surface area (Å²) >= 11 is 0. The Hall–Kier alpha value is -4.26. The van der Waals surface area contributed by atoms with E-state index in [0.29, 0.717) is 22.4 Å². The van der Waals surface area contributed by atoms with Gasteiger partial charge in [-0.3, -0.25) is 0 Å². The van der Waals surface area contributed by atoms with Crippen LogP contribution in [0.25, 0.3) is 6.08 Å². The lowest BCUT2D eigenvalue weighted by molar-refractivity contribution is -0.129. The fourth-order valence-electron chi connectivity index (χ4n) is 3.13. The summed E-state index contributed by atoms with van der Waals surface area (Å²) in [6.07, 6.45) is 1.50. The number of esters is 2. The van der Waals surface area contributed by atoms with Crippen LogP contribution in [0.4, 0.5) is 4.39 Å². The van der Waals surface area contributed by atoms with Crippen LogP contribution in [0.2, 0.25) is 0 Å². The molecule has 4 rings (SSSR count). The molecule has 3 aromatic rings. The molecule has 0 spiro atoms. The van der Waals surface area contributed by atoms with E-state index in [-0.39, 0.29) is 17.3 Å². The predicted octanol–water partition coefficient (Wildman–Crippen LogP) is 4.71. The van der Waals surface area contributed by atoms with Crippen LogP contribution in [-0.2, 0) is 9.53 Å². The molecule has 1 heterocycles. The monoisotopic (exact) mass is 431 g/mol. The molecule has 160 valence electrons. The van der Waals surface area contributed by atoms with Gasteiger partial charge in [0.05, 0.1) is 12.7 Å². The average Bonchev–Trinajstić information content (AvgIpc) is 3.15. The first kappa shape index (κ1) is 21.0. The smallest absolute Gasteiger partial charge is 0.363 e. The number of hydrogen-bond acceptors (Lipinski definition) is 6. The first-order valence-corrected chi connectivity index (χ1v) is 9.69. The highest BCUT2D eigenvalue weighted by Gasteiger charge is 2.24. The first-order valence-electron chi connectivity index (χ1n) is 9.69. The Morgan fingerprint density at radius 2 is 1.84 bits per heavy atom. The molecule has 0 radical (unpaired) electrons. The van der Waals surface area contributed by atoms with Crippen LogP contribution in [0.15, 0.2) is 77.4 Å². The van der Waals surface area contributed by atoms with Crippen molar-refractivity contribution >= 4 is 23.9 Å². The molecule has 3 aromatic carbocycles. The zero-order valence-corrected chi connectivity index (χ0v) is 17.3. The predicted molar refractivity (Wildman–Crippen MR) is 116 cm³/mol. The van der Waals surface area contributed by atoms with Crippen molar-refractivity contribution in [3.8, 4) is 11.5 Å². The highest BCUT2D eigenvalue weighted by atomic mass is 19.1. The van der Waals surface area contributed by atoms with Crippen LogP contribution in [0.1, 0.15) is 27.0 Å². The van der Waals surface area contributed by atoms with Gasteiger partial charge in [-0.1, -0.05) is 30.3 Å². The van der Waals surface area contributed by atoms with Crippen LogP contribution >= 0.6 is 0 Å². The molecule has 0 saturated carbocycles. The Bertz CT molecular complexity index is 1280. The Morgan fingerprint density at radius 1 is 1.03 bits per heavy atom. The van der Waals surface area contributed by atoms with Gasteiger partial charge >= 0.3 is 11.9 Å². The molecule has 0 N–H and O–H groups in total. The lowest BCUT2D eigenvalue weighted by Gasteiger charge is -2.11. The minimum Gasteiger partial charge on any atom is -0.493 e. The molecule has 32 heavy (non-hydrogen) atoms. The van der Waals surface area contributed by atoms with E-state index in [1.807, 2.05) is 19.1 Å². The zero-order valence-electron chi connectivity index (χ0n) is 17.3. The maximum atomic E-state index is 13.4. The third-order valence-electron chi connectivity index (χ3n) is 4.75. The number of methoxy groups -OCH3 is 1. The summed E-state index contributed by atoms with van der Waals surface area (Å²) in [6, 6.07) is 17.6. The Morgan fingerprint density at radius 3 is 2.59 bits per heavy atom. The van der Waals surface area contributed by atoms with Gasteiger partial charge < -0.3 is 14.2 Å². The van der Waals surface area contributed by atoms with Gasteiger partial charge in [-0.25, -0.2) is 19.0 Å². The Balaban J connectivity index is 1.59. The molecule has 0 amide bonds. The third-order valence-corrected chi connectivity index (χ3v) is 4.75. The number of aryl methyl sites for hydroxylation is 1. The van der Waals surface area contributed by atoms with Gasteiger partial charge in [0.15, 0.2) is 17.2 Å². The Kier molecular flexibility index (Phi) is 5.81. The number of halogens is 1. The quantitative estimate of drug-likeness (QED) is 0.332. The third kappa shape index (κ3) is 4.41.